The van der Waals surface area contributed by atoms with Crippen LogP contribution in [0, 0.1) is 11.7 Å². The van der Waals surface area contributed by atoms with Gasteiger partial charge in [-0.05, 0) is 43.0 Å². The van der Waals surface area contributed by atoms with Crippen LogP contribution in [0.15, 0.2) is 53.4 Å². The van der Waals surface area contributed by atoms with Crippen molar-refractivity contribution in [2.24, 2.45) is 5.92 Å². The summed E-state index contributed by atoms with van der Waals surface area (Å²) >= 11 is 0. The summed E-state index contributed by atoms with van der Waals surface area (Å²) in [4.78, 5) is 22.5. The number of benzene rings is 2. The van der Waals surface area contributed by atoms with Gasteiger partial charge in [-0.25, -0.2) is 17.8 Å². The molecule has 1 amide bonds. The highest BCUT2D eigenvalue weighted by atomic mass is 32.2. The molecule has 4 rings (SSSR count). The number of carbonyl (C=O) groups is 1. The Morgan fingerprint density at radius 1 is 1.12 bits per heavy atom. The van der Waals surface area contributed by atoms with Crippen molar-refractivity contribution in [3.8, 4) is 0 Å². The number of hydrogen-bond acceptors (Lipinski definition) is 4. The number of H-pyrrole nitrogens is 1. The number of nitrogens with one attached hydrogen (secondary N) is 2. The van der Waals surface area contributed by atoms with Crippen LogP contribution in [0.4, 0.5) is 4.39 Å². The first kappa shape index (κ1) is 22.4. The molecule has 0 aliphatic carbocycles. The highest BCUT2D eigenvalue weighted by Crippen LogP contribution is 2.28. The Morgan fingerprint density at radius 3 is 2.44 bits per heavy atom. The van der Waals surface area contributed by atoms with Crippen LogP contribution >= 0.6 is 0 Å². The number of nitrogens with zero attached hydrogens (tertiary/aromatic N) is 2. The van der Waals surface area contributed by atoms with Crippen LogP contribution < -0.4 is 4.72 Å². The van der Waals surface area contributed by atoms with Crippen LogP contribution in [0.1, 0.15) is 38.4 Å². The second kappa shape index (κ2) is 8.99. The molecule has 1 aliphatic rings. The van der Waals surface area contributed by atoms with E-state index in [2.05, 4.69) is 14.7 Å². The number of aromatic amines is 1. The van der Waals surface area contributed by atoms with Crippen LogP contribution in [0.5, 0.6) is 0 Å². The minimum absolute atomic E-state index is 0.207. The van der Waals surface area contributed by atoms with E-state index in [-0.39, 0.29) is 17.7 Å². The summed E-state index contributed by atoms with van der Waals surface area (Å²) < 4.78 is 42.0. The lowest BCUT2D eigenvalue weighted by molar-refractivity contribution is -0.135. The molecule has 1 aliphatic heterocycles. The predicted molar refractivity (Wildman–Crippen MR) is 120 cm³/mol. The Balaban J connectivity index is 1.45. The third kappa shape index (κ3) is 4.54. The molecule has 0 bridgehead atoms. The van der Waals surface area contributed by atoms with Crippen molar-refractivity contribution < 1.29 is 17.6 Å². The van der Waals surface area contributed by atoms with E-state index in [9.17, 15) is 17.6 Å². The number of halogens is 1. The molecule has 2 heterocycles. The second-order valence-corrected chi connectivity index (χ2v) is 10.2. The molecule has 1 atom stereocenters. The number of imidazole rings is 1. The Hall–Kier alpha value is -2.78. The molecule has 0 unspecified atom stereocenters. The average molecular weight is 459 g/mol. The molecule has 2 aromatic carbocycles. The number of sulfonamides is 1. The molecule has 0 radical (unpaired) electrons. The molecule has 9 heteroatoms. The number of para-hydroxylation sites is 2. The normalized spacial score (nSPS) is 16.6. The average Bonchev–Trinajstić information content (AvgIpc) is 3.21. The van der Waals surface area contributed by atoms with Crippen molar-refractivity contribution >= 4 is 27.0 Å². The first-order valence-electron chi connectivity index (χ1n) is 10.8. The van der Waals surface area contributed by atoms with Gasteiger partial charge in [-0.1, -0.05) is 38.1 Å². The lowest BCUT2D eigenvalue weighted by Crippen LogP contribution is -2.52. The lowest BCUT2D eigenvalue weighted by atomic mass is 9.94. The smallest absolute Gasteiger partial charge is 0.244 e. The molecule has 7 nitrogen and oxygen atoms in total. The molecular formula is C23H27FN4O3S. The van der Waals surface area contributed by atoms with Gasteiger partial charge in [-0.2, -0.15) is 4.72 Å². The van der Waals surface area contributed by atoms with E-state index in [0.29, 0.717) is 13.1 Å². The molecule has 0 spiro atoms. The Morgan fingerprint density at radius 2 is 1.78 bits per heavy atom. The lowest BCUT2D eigenvalue weighted by Gasteiger charge is -2.34. The number of carbonyl (C=O) groups excluding carboxylic acids is 1. The van der Waals surface area contributed by atoms with E-state index in [1.165, 1.54) is 18.2 Å². The van der Waals surface area contributed by atoms with Gasteiger partial charge in [-0.15, -0.1) is 0 Å². The van der Waals surface area contributed by atoms with Crippen LogP contribution in [0.2, 0.25) is 0 Å². The predicted octanol–water partition coefficient (Wildman–Crippen LogP) is 3.41. The second-order valence-electron chi connectivity index (χ2n) is 8.51. The maximum atomic E-state index is 14.1. The summed E-state index contributed by atoms with van der Waals surface area (Å²) in [6, 6.07) is 12.0. The zero-order chi connectivity index (χ0) is 22.9. The van der Waals surface area contributed by atoms with E-state index in [1.807, 2.05) is 24.3 Å². The van der Waals surface area contributed by atoms with Gasteiger partial charge in [-0.3, -0.25) is 4.79 Å². The number of rotatable bonds is 6. The molecular weight excluding hydrogens is 431 g/mol. The van der Waals surface area contributed by atoms with Gasteiger partial charge in [0.1, 0.15) is 22.6 Å². The highest BCUT2D eigenvalue weighted by molar-refractivity contribution is 7.89. The van der Waals surface area contributed by atoms with Gasteiger partial charge >= 0.3 is 0 Å². The van der Waals surface area contributed by atoms with Gasteiger partial charge < -0.3 is 9.88 Å². The number of likely N-dealkylation sites (tertiary alicyclic amines) is 1. The van der Waals surface area contributed by atoms with E-state index >= 15 is 0 Å². The van der Waals surface area contributed by atoms with Gasteiger partial charge in [0, 0.05) is 19.0 Å². The topological polar surface area (TPSA) is 95.2 Å². The van der Waals surface area contributed by atoms with E-state index in [4.69, 9.17) is 0 Å². The van der Waals surface area contributed by atoms with Gasteiger partial charge in [0.25, 0.3) is 0 Å². The number of piperidine rings is 1. The molecule has 170 valence electrons. The molecule has 0 saturated carbocycles. The van der Waals surface area contributed by atoms with E-state index < -0.39 is 26.8 Å². The SMILES string of the molecule is CC(C)[C@H](NS(=O)(=O)c1ccccc1F)C(=O)N1CCC(c2nc3ccccc3[nH]2)CC1. The van der Waals surface area contributed by atoms with Crippen LogP contribution in [0.25, 0.3) is 11.0 Å². The maximum Gasteiger partial charge on any atom is 0.244 e. The van der Waals surface area contributed by atoms with Crippen molar-refractivity contribution in [1.82, 2.24) is 19.6 Å². The van der Waals surface area contributed by atoms with Gasteiger partial charge in [0.2, 0.25) is 15.9 Å². The van der Waals surface area contributed by atoms with E-state index in [0.717, 1.165) is 35.8 Å². The fraction of sp³-hybridized carbons (Fsp3) is 0.391. The number of hydrogen-bond donors (Lipinski definition) is 2. The van der Waals surface area contributed by atoms with Crippen LogP contribution in [-0.2, 0) is 14.8 Å². The fourth-order valence-electron chi connectivity index (χ4n) is 4.10. The Kier molecular flexibility index (Phi) is 6.30. The minimum atomic E-state index is -4.17. The molecule has 32 heavy (non-hydrogen) atoms. The molecule has 1 fully saturated rings. The molecule has 3 aromatic rings. The third-order valence-corrected chi connectivity index (χ3v) is 7.42. The summed E-state index contributed by atoms with van der Waals surface area (Å²) in [5.41, 5.74) is 1.91. The molecule has 1 saturated heterocycles. The highest BCUT2D eigenvalue weighted by Gasteiger charge is 2.34. The first-order chi connectivity index (χ1) is 15.3. The van der Waals surface area contributed by atoms with Crippen molar-refractivity contribution in [3.63, 3.8) is 0 Å². The number of aromatic nitrogens is 2. The standard InChI is InChI=1S/C23H27FN4O3S/c1-15(2)21(27-32(30,31)20-10-6-3-7-17(20)24)23(29)28-13-11-16(12-14-28)22-25-18-8-4-5-9-19(18)26-22/h3-10,15-16,21,27H,11-14H2,1-2H3,(H,25,26)/t21-/m0/s1. The zero-order valence-electron chi connectivity index (χ0n) is 18.1. The zero-order valence-corrected chi connectivity index (χ0v) is 18.9. The van der Waals surface area contributed by atoms with Gasteiger partial charge in [0.05, 0.1) is 11.0 Å². The summed E-state index contributed by atoms with van der Waals surface area (Å²) in [6.07, 6.45) is 1.47. The first-order valence-corrected chi connectivity index (χ1v) is 12.2. The summed E-state index contributed by atoms with van der Waals surface area (Å²) in [7, 11) is -4.17. The monoisotopic (exact) mass is 458 g/mol. The fourth-order valence-corrected chi connectivity index (χ4v) is 5.52. The number of amides is 1. The summed E-state index contributed by atoms with van der Waals surface area (Å²) in [5, 5.41) is 0. The molecule has 2 N–H and O–H groups in total. The largest absolute Gasteiger partial charge is 0.342 e. The third-order valence-electron chi connectivity index (χ3n) is 5.94. The van der Waals surface area contributed by atoms with E-state index in [1.54, 1.807) is 18.7 Å². The summed E-state index contributed by atoms with van der Waals surface area (Å²) in [5.74, 6) is -0.306. The van der Waals surface area contributed by atoms with Crippen molar-refractivity contribution in [2.45, 2.75) is 43.5 Å². The van der Waals surface area contributed by atoms with Crippen molar-refractivity contribution in [1.29, 1.82) is 0 Å². The van der Waals surface area contributed by atoms with Crippen molar-refractivity contribution in [3.05, 3.63) is 60.2 Å². The minimum Gasteiger partial charge on any atom is -0.342 e. The van der Waals surface area contributed by atoms with Crippen LogP contribution in [-0.4, -0.2) is 48.3 Å². The quantitative estimate of drug-likeness (QED) is 0.592. The Bertz CT molecular complexity index is 1180. The molecule has 1 aromatic heterocycles. The number of fused-ring (bicyclic) bond motifs is 1. The Labute approximate surface area is 187 Å². The van der Waals surface area contributed by atoms with Gasteiger partial charge in [0.15, 0.2) is 0 Å². The van der Waals surface area contributed by atoms with Crippen LogP contribution in [0.3, 0.4) is 0 Å². The summed E-state index contributed by atoms with van der Waals surface area (Å²) in [6.45, 7) is 4.55. The van der Waals surface area contributed by atoms with Crippen molar-refractivity contribution in [2.75, 3.05) is 13.1 Å². The maximum absolute atomic E-state index is 14.1.